The molecule has 0 fully saturated rings. The van der Waals surface area contributed by atoms with Gasteiger partial charge in [-0.2, -0.15) is 0 Å². The lowest BCUT2D eigenvalue weighted by Gasteiger charge is -2.19. The van der Waals surface area contributed by atoms with Gasteiger partial charge >= 0.3 is 0 Å². The van der Waals surface area contributed by atoms with E-state index < -0.39 is 0 Å². The van der Waals surface area contributed by atoms with Crippen LogP contribution in [0.4, 0.5) is 11.4 Å². The van der Waals surface area contributed by atoms with Gasteiger partial charge in [-0.3, -0.25) is 4.99 Å². The second-order valence-electron chi connectivity index (χ2n) is 5.14. The van der Waals surface area contributed by atoms with Gasteiger partial charge in [0.25, 0.3) is 0 Å². The van der Waals surface area contributed by atoms with Crippen LogP contribution >= 0.6 is 17.0 Å². The Morgan fingerprint density at radius 3 is 2.50 bits per heavy atom. The molecule has 22 heavy (non-hydrogen) atoms. The van der Waals surface area contributed by atoms with E-state index in [1.807, 2.05) is 30.3 Å². The molecule has 0 saturated carbocycles. The fourth-order valence-electron chi connectivity index (χ4n) is 2.91. The molecule has 5 heteroatoms. The molecule has 2 aliphatic heterocycles. The third-order valence-electron chi connectivity index (χ3n) is 3.85. The molecule has 2 aromatic carbocycles. The number of nitrogens with zero attached hydrogens (tertiary/aromatic N) is 3. The highest BCUT2D eigenvalue weighted by Gasteiger charge is 2.34. The maximum absolute atomic E-state index is 5.82. The van der Waals surface area contributed by atoms with Crippen LogP contribution in [0.2, 0.25) is 0 Å². The topological polar surface area (TPSA) is 28.1 Å². The third-order valence-corrected chi connectivity index (χ3v) is 3.85. The van der Waals surface area contributed by atoms with Gasteiger partial charge in [0.05, 0.1) is 24.5 Å². The Morgan fingerprint density at radius 2 is 1.68 bits per heavy atom. The van der Waals surface area contributed by atoms with Crippen LogP contribution in [0.25, 0.3) is 0 Å². The highest BCUT2D eigenvalue weighted by Crippen LogP contribution is 2.38. The van der Waals surface area contributed by atoms with E-state index in [2.05, 4.69) is 39.1 Å². The van der Waals surface area contributed by atoms with Crippen molar-refractivity contribution in [1.29, 1.82) is 0 Å². The smallest absolute Gasteiger partial charge is 0.206 e. The van der Waals surface area contributed by atoms with E-state index >= 15 is 0 Å². The van der Waals surface area contributed by atoms with Gasteiger partial charge in [-0.15, -0.1) is 17.0 Å². The monoisotopic (exact) mass is 359 g/mol. The normalized spacial score (nSPS) is 15.0. The van der Waals surface area contributed by atoms with Crippen molar-refractivity contribution in [2.24, 2.45) is 4.99 Å². The maximum atomic E-state index is 5.82. The summed E-state index contributed by atoms with van der Waals surface area (Å²) in [5, 5.41) is 0. The van der Waals surface area contributed by atoms with Gasteiger partial charge in [0, 0.05) is 6.54 Å². The van der Waals surface area contributed by atoms with Crippen LogP contribution in [-0.4, -0.2) is 32.2 Å². The number of guanidine groups is 1. The van der Waals surface area contributed by atoms with Gasteiger partial charge < -0.3 is 14.5 Å². The molecule has 2 heterocycles. The van der Waals surface area contributed by atoms with Gasteiger partial charge in [0.2, 0.25) is 5.96 Å². The average molecular weight is 360 g/mol. The predicted octanol–water partition coefficient (Wildman–Crippen LogP) is 3.34. The van der Waals surface area contributed by atoms with Crippen LogP contribution in [-0.2, 0) is 0 Å². The number of hydrogen-bond acceptors (Lipinski definition) is 4. The average Bonchev–Trinajstić information content (AvgIpc) is 3.11. The van der Waals surface area contributed by atoms with Crippen molar-refractivity contribution in [3.63, 3.8) is 0 Å². The van der Waals surface area contributed by atoms with Crippen LogP contribution in [0.3, 0.4) is 0 Å². The zero-order chi connectivity index (χ0) is 14.1. The molecule has 0 bridgehead atoms. The standard InChI is InChI=1S/C17H17N3O.BrH/c1-2-6-14(7-3-1)21-13-12-20-16-9-5-4-8-15(16)19-11-10-18-17(19)20;/h1-9H,10-13H2;1H. The highest BCUT2D eigenvalue weighted by atomic mass is 79.9. The van der Waals surface area contributed by atoms with Gasteiger partial charge in [-0.05, 0) is 24.3 Å². The molecule has 0 spiro atoms. The van der Waals surface area contributed by atoms with Crippen molar-refractivity contribution >= 4 is 34.3 Å². The fourth-order valence-corrected chi connectivity index (χ4v) is 2.91. The quantitative estimate of drug-likeness (QED) is 0.837. The summed E-state index contributed by atoms with van der Waals surface area (Å²) in [6.07, 6.45) is 0. The largest absolute Gasteiger partial charge is 0.492 e. The zero-order valence-electron chi connectivity index (χ0n) is 12.2. The van der Waals surface area contributed by atoms with Crippen molar-refractivity contribution in [3.8, 4) is 5.75 Å². The molecule has 4 nitrogen and oxygen atoms in total. The Morgan fingerprint density at radius 1 is 0.955 bits per heavy atom. The molecule has 0 N–H and O–H groups in total. The van der Waals surface area contributed by atoms with Crippen molar-refractivity contribution in [2.75, 3.05) is 36.0 Å². The number of ether oxygens (including phenoxy) is 1. The summed E-state index contributed by atoms with van der Waals surface area (Å²) in [5.74, 6) is 1.98. The molecular formula is C17H18BrN3O. The molecule has 0 aliphatic carbocycles. The van der Waals surface area contributed by atoms with Crippen LogP contribution in [0.5, 0.6) is 5.75 Å². The Balaban J connectivity index is 0.00000144. The van der Waals surface area contributed by atoms with Gasteiger partial charge in [-0.25, -0.2) is 0 Å². The summed E-state index contributed by atoms with van der Waals surface area (Å²) in [6, 6.07) is 18.4. The molecule has 0 radical (unpaired) electrons. The number of halogens is 1. The van der Waals surface area contributed by atoms with Crippen LogP contribution in [0, 0.1) is 0 Å². The van der Waals surface area contributed by atoms with Crippen molar-refractivity contribution in [3.05, 3.63) is 54.6 Å². The van der Waals surface area contributed by atoms with Crippen molar-refractivity contribution in [2.45, 2.75) is 0 Å². The Hall–Kier alpha value is -2.01. The molecule has 0 saturated heterocycles. The van der Waals surface area contributed by atoms with Crippen molar-refractivity contribution in [1.82, 2.24) is 0 Å². The first-order valence-electron chi connectivity index (χ1n) is 7.30. The van der Waals surface area contributed by atoms with E-state index in [9.17, 15) is 0 Å². The number of para-hydroxylation sites is 3. The van der Waals surface area contributed by atoms with E-state index in [-0.39, 0.29) is 17.0 Å². The molecule has 4 rings (SSSR count). The van der Waals surface area contributed by atoms with Gasteiger partial charge in [-0.1, -0.05) is 30.3 Å². The van der Waals surface area contributed by atoms with E-state index in [1.165, 1.54) is 11.4 Å². The first kappa shape index (κ1) is 14.9. The summed E-state index contributed by atoms with van der Waals surface area (Å²) in [7, 11) is 0. The zero-order valence-corrected chi connectivity index (χ0v) is 13.9. The molecule has 0 unspecified atom stereocenters. The Labute approximate surface area is 140 Å². The SMILES string of the molecule is Br.c1ccc(OCCN2C3=NCCN3c3ccccc32)cc1. The van der Waals surface area contributed by atoms with Crippen LogP contribution < -0.4 is 14.5 Å². The van der Waals surface area contributed by atoms with Gasteiger partial charge in [0.15, 0.2) is 0 Å². The Kier molecular flexibility index (Phi) is 4.34. The lowest BCUT2D eigenvalue weighted by molar-refractivity contribution is 0.328. The first-order valence-corrected chi connectivity index (χ1v) is 7.30. The molecular weight excluding hydrogens is 342 g/mol. The van der Waals surface area contributed by atoms with Gasteiger partial charge in [0.1, 0.15) is 12.4 Å². The van der Waals surface area contributed by atoms with E-state index in [0.717, 1.165) is 31.3 Å². The maximum Gasteiger partial charge on any atom is 0.206 e. The second-order valence-corrected chi connectivity index (χ2v) is 5.14. The molecule has 114 valence electrons. The van der Waals surface area contributed by atoms with Crippen LogP contribution in [0.1, 0.15) is 0 Å². The molecule has 0 atom stereocenters. The number of aliphatic imine (C=N–C) groups is 1. The first-order chi connectivity index (χ1) is 10.4. The summed E-state index contributed by atoms with van der Waals surface area (Å²) in [5.41, 5.74) is 2.49. The van der Waals surface area contributed by atoms with Crippen molar-refractivity contribution < 1.29 is 4.74 Å². The number of fused-ring (bicyclic) bond motifs is 3. The third kappa shape index (κ3) is 2.57. The summed E-state index contributed by atoms with van der Waals surface area (Å²) in [6.45, 7) is 3.30. The molecule has 2 aromatic rings. The minimum absolute atomic E-state index is 0. The number of anilines is 2. The van der Waals surface area contributed by atoms with E-state index in [4.69, 9.17) is 4.74 Å². The minimum atomic E-state index is 0. The Bertz CT molecular complexity index is 675. The fraction of sp³-hybridized carbons (Fsp3) is 0.235. The van der Waals surface area contributed by atoms with Crippen LogP contribution in [0.15, 0.2) is 59.6 Å². The molecule has 0 aromatic heterocycles. The minimum Gasteiger partial charge on any atom is -0.492 e. The number of rotatable bonds is 4. The summed E-state index contributed by atoms with van der Waals surface area (Å²) in [4.78, 5) is 9.18. The van der Waals surface area contributed by atoms with E-state index in [1.54, 1.807) is 0 Å². The molecule has 0 amide bonds. The lowest BCUT2D eigenvalue weighted by Crippen LogP contribution is -2.37. The molecule has 2 aliphatic rings. The lowest BCUT2D eigenvalue weighted by atomic mass is 10.2. The summed E-state index contributed by atoms with van der Waals surface area (Å²) >= 11 is 0. The summed E-state index contributed by atoms with van der Waals surface area (Å²) < 4.78 is 5.82. The van der Waals surface area contributed by atoms with E-state index in [0.29, 0.717) is 6.61 Å². The predicted molar refractivity (Wildman–Crippen MR) is 95.7 cm³/mol. The number of benzene rings is 2. The number of hydrogen-bond donors (Lipinski definition) is 0. The second kappa shape index (κ2) is 6.40. The highest BCUT2D eigenvalue weighted by molar-refractivity contribution is 8.93.